The van der Waals surface area contributed by atoms with Crippen LogP contribution in [0.4, 0.5) is 10.1 Å². The molecule has 3 aromatic rings. The highest BCUT2D eigenvalue weighted by Crippen LogP contribution is 2.41. The Balaban J connectivity index is 1.65. The van der Waals surface area contributed by atoms with Crippen LogP contribution in [-0.4, -0.2) is 65.5 Å². The topological polar surface area (TPSA) is 159 Å². The molecule has 5 N–H and O–H groups in total. The molecule has 2 aromatic heterocycles. The van der Waals surface area contributed by atoms with Gasteiger partial charge in [-0.05, 0) is 19.1 Å². The Morgan fingerprint density at radius 2 is 2.14 bits per heavy atom. The highest BCUT2D eigenvalue weighted by atomic mass is 35.5. The maximum absolute atomic E-state index is 14.3. The number of aliphatic hydroxyl groups excluding tert-OH is 2. The van der Waals surface area contributed by atoms with Gasteiger partial charge in [0.2, 0.25) is 0 Å². The SMILES string of the molecule is C#C[C@]1(COCP(=O)(O)O)O[C@H](n2ncc3c(N[C@@H](C)c4ccccc4F)cc(Cl)nc32)[C@H](O)[C@@H]1O. The van der Waals surface area contributed by atoms with Gasteiger partial charge in [0.1, 0.15) is 29.5 Å². The van der Waals surface area contributed by atoms with Gasteiger partial charge in [-0.3, -0.25) is 4.57 Å². The summed E-state index contributed by atoms with van der Waals surface area (Å²) in [5.74, 6) is 1.83. The molecule has 0 bridgehead atoms. The van der Waals surface area contributed by atoms with Crippen molar-refractivity contribution in [1.29, 1.82) is 0 Å². The zero-order chi connectivity index (χ0) is 26.3. The lowest BCUT2D eigenvalue weighted by Crippen LogP contribution is -2.45. The van der Waals surface area contributed by atoms with Crippen LogP contribution in [0.25, 0.3) is 11.0 Å². The molecule has 1 aliphatic rings. The Bertz CT molecular complexity index is 1360. The Morgan fingerprint density at radius 1 is 1.42 bits per heavy atom. The molecule has 0 amide bonds. The first kappa shape index (κ1) is 26.5. The predicted molar refractivity (Wildman–Crippen MR) is 128 cm³/mol. The van der Waals surface area contributed by atoms with Crippen molar-refractivity contribution in [2.75, 3.05) is 18.3 Å². The summed E-state index contributed by atoms with van der Waals surface area (Å²) in [7, 11) is -4.51. The molecule has 1 aromatic carbocycles. The first-order chi connectivity index (χ1) is 17.0. The third-order valence-electron chi connectivity index (χ3n) is 5.76. The third-order valence-corrected chi connectivity index (χ3v) is 6.48. The van der Waals surface area contributed by atoms with Gasteiger partial charge in [-0.2, -0.15) is 5.10 Å². The lowest BCUT2D eigenvalue weighted by atomic mass is 9.97. The van der Waals surface area contributed by atoms with Crippen LogP contribution in [0, 0.1) is 18.2 Å². The summed E-state index contributed by atoms with van der Waals surface area (Å²) in [6, 6.07) is 7.39. The number of benzene rings is 1. The van der Waals surface area contributed by atoms with Crippen molar-refractivity contribution in [3.8, 4) is 12.3 Å². The van der Waals surface area contributed by atoms with Gasteiger partial charge in [0, 0.05) is 5.56 Å². The monoisotopic (exact) mass is 540 g/mol. The van der Waals surface area contributed by atoms with Crippen LogP contribution < -0.4 is 5.32 Å². The number of hydrogen-bond acceptors (Lipinski definition) is 8. The van der Waals surface area contributed by atoms with Gasteiger partial charge in [-0.15, -0.1) is 6.42 Å². The number of hydrogen-bond donors (Lipinski definition) is 5. The number of nitrogens with zero attached hydrogens (tertiary/aromatic N) is 3. The number of pyridine rings is 1. The van der Waals surface area contributed by atoms with Crippen molar-refractivity contribution in [1.82, 2.24) is 14.8 Å². The summed E-state index contributed by atoms with van der Waals surface area (Å²) < 4.78 is 37.3. The van der Waals surface area contributed by atoms with E-state index in [1.165, 1.54) is 23.0 Å². The number of rotatable bonds is 8. The lowest BCUT2D eigenvalue weighted by Gasteiger charge is -2.26. The average Bonchev–Trinajstić information content (AvgIpc) is 3.33. The molecule has 0 radical (unpaired) electrons. The van der Waals surface area contributed by atoms with E-state index >= 15 is 0 Å². The van der Waals surface area contributed by atoms with E-state index in [9.17, 15) is 19.2 Å². The van der Waals surface area contributed by atoms with Crippen LogP contribution in [0.1, 0.15) is 24.8 Å². The number of halogens is 2. The van der Waals surface area contributed by atoms with Crippen molar-refractivity contribution in [2.45, 2.75) is 37.0 Å². The summed E-state index contributed by atoms with van der Waals surface area (Å²) in [6.07, 6.45) is 1.40. The lowest BCUT2D eigenvalue weighted by molar-refractivity contribution is -0.105. The zero-order valence-electron chi connectivity index (χ0n) is 18.8. The van der Waals surface area contributed by atoms with E-state index in [2.05, 4.69) is 21.3 Å². The second kappa shape index (κ2) is 10.0. The average molecular weight is 541 g/mol. The van der Waals surface area contributed by atoms with Crippen LogP contribution in [0.2, 0.25) is 5.15 Å². The summed E-state index contributed by atoms with van der Waals surface area (Å²) in [4.78, 5) is 22.3. The van der Waals surface area contributed by atoms with Crippen LogP contribution in [0.15, 0.2) is 36.5 Å². The molecule has 4 rings (SSSR count). The van der Waals surface area contributed by atoms with Crippen molar-refractivity contribution >= 4 is 35.9 Å². The van der Waals surface area contributed by atoms with Crippen molar-refractivity contribution in [3.05, 3.63) is 53.1 Å². The molecule has 0 saturated carbocycles. The van der Waals surface area contributed by atoms with Crippen molar-refractivity contribution in [2.24, 2.45) is 0 Å². The van der Waals surface area contributed by atoms with E-state index in [1.807, 2.05) is 0 Å². The van der Waals surface area contributed by atoms with Gasteiger partial charge < -0.3 is 34.8 Å². The maximum atomic E-state index is 14.3. The summed E-state index contributed by atoms with van der Waals surface area (Å²) >= 11 is 6.23. The number of nitrogens with one attached hydrogen (secondary N) is 1. The standard InChI is InChI=1S/C22H23ClFN4O7P/c1-3-22(10-34-11-36(31,32)33)19(30)18(29)21(35-22)28-20-14(9-25-28)16(8-17(23)27-20)26-12(2)13-6-4-5-7-15(13)24/h1,4-9,12,18-19,21,29-30H,10-11H2,2H3,(H,26,27)(H2,31,32,33)/t12-,18+,19-,21-,22+/m0/s1. The zero-order valence-corrected chi connectivity index (χ0v) is 20.5. The molecular formula is C22H23ClFN4O7P. The van der Waals surface area contributed by atoms with E-state index < -0.39 is 50.6 Å². The second-order valence-electron chi connectivity index (χ2n) is 8.33. The van der Waals surface area contributed by atoms with E-state index in [0.29, 0.717) is 16.6 Å². The van der Waals surface area contributed by atoms with E-state index in [-0.39, 0.29) is 16.6 Å². The van der Waals surface area contributed by atoms with Crippen LogP contribution >= 0.6 is 19.2 Å². The molecule has 5 atom stereocenters. The van der Waals surface area contributed by atoms with Crippen LogP contribution in [-0.2, 0) is 14.0 Å². The van der Waals surface area contributed by atoms with Gasteiger partial charge in [0.15, 0.2) is 17.5 Å². The summed E-state index contributed by atoms with van der Waals surface area (Å²) in [5, 5.41) is 29.3. The largest absolute Gasteiger partial charge is 0.386 e. The number of fused-ring (bicyclic) bond motifs is 1. The van der Waals surface area contributed by atoms with Crippen molar-refractivity contribution < 1.29 is 38.4 Å². The van der Waals surface area contributed by atoms with Gasteiger partial charge in [0.05, 0.1) is 29.9 Å². The number of aromatic nitrogens is 3. The molecule has 1 fully saturated rings. The van der Waals surface area contributed by atoms with Crippen LogP contribution in [0.5, 0.6) is 0 Å². The summed E-state index contributed by atoms with van der Waals surface area (Å²) in [6.45, 7) is 1.16. The maximum Gasteiger partial charge on any atom is 0.350 e. The molecule has 0 spiro atoms. The Labute approximate surface area is 210 Å². The van der Waals surface area contributed by atoms with Gasteiger partial charge in [-0.1, -0.05) is 35.7 Å². The van der Waals surface area contributed by atoms with Gasteiger partial charge in [-0.25, -0.2) is 14.1 Å². The molecule has 1 saturated heterocycles. The molecular weight excluding hydrogens is 518 g/mol. The number of aliphatic hydroxyl groups is 2. The number of ether oxygens (including phenoxy) is 2. The first-order valence-electron chi connectivity index (χ1n) is 10.6. The van der Waals surface area contributed by atoms with Crippen LogP contribution in [0.3, 0.4) is 0 Å². The predicted octanol–water partition coefficient (Wildman–Crippen LogP) is 2.17. The highest BCUT2D eigenvalue weighted by Gasteiger charge is 2.55. The van der Waals surface area contributed by atoms with Crippen molar-refractivity contribution in [3.63, 3.8) is 0 Å². The minimum atomic E-state index is -4.51. The molecule has 192 valence electrons. The minimum Gasteiger partial charge on any atom is -0.386 e. The normalized spacial score (nSPS) is 25.1. The second-order valence-corrected chi connectivity index (χ2v) is 10.3. The Morgan fingerprint density at radius 3 is 2.81 bits per heavy atom. The molecule has 11 nitrogen and oxygen atoms in total. The quantitative estimate of drug-likeness (QED) is 0.163. The fraction of sp³-hybridized carbons (Fsp3) is 0.364. The Hall–Kier alpha value is -2.59. The first-order valence-corrected chi connectivity index (χ1v) is 12.8. The molecule has 14 heteroatoms. The fourth-order valence-electron chi connectivity index (χ4n) is 4.01. The molecule has 0 aliphatic carbocycles. The highest BCUT2D eigenvalue weighted by molar-refractivity contribution is 7.51. The summed E-state index contributed by atoms with van der Waals surface area (Å²) in [5.41, 5.74) is -0.840. The number of anilines is 1. The fourth-order valence-corrected chi connectivity index (χ4v) is 4.53. The van der Waals surface area contributed by atoms with E-state index in [0.717, 1.165) is 0 Å². The van der Waals surface area contributed by atoms with E-state index in [1.54, 1.807) is 25.1 Å². The van der Waals surface area contributed by atoms with E-state index in [4.69, 9.17) is 37.3 Å². The molecule has 3 heterocycles. The smallest absolute Gasteiger partial charge is 0.350 e. The van der Waals surface area contributed by atoms with Gasteiger partial charge in [0.25, 0.3) is 0 Å². The number of terminal acetylenes is 1. The van der Waals surface area contributed by atoms with Gasteiger partial charge >= 0.3 is 7.60 Å². The Kier molecular flexibility index (Phi) is 7.39. The third kappa shape index (κ3) is 5.11. The molecule has 0 unspecified atom stereocenters. The molecule has 36 heavy (non-hydrogen) atoms. The minimum absolute atomic E-state index is 0.0636. The molecule has 1 aliphatic heterocycles.